The number of hydrogen-bond acceptors (Lipinski definition) is 5. The van der Waals surface area contributed by atoms with Crippen molar-refractivity contribution < 1.29 is 29.5 Å². The van der Waals surface area contributed by atoms with Crippen LogP contribution >= 0.6 is 0 Å². The summed E-state index contributed by atoms with van der Waals surface area (Å²) in [5.74, 6) is -0.466. The average Bonchev–Trinajstić information content (AvgIpc) is 2.80. The molecular weight excluding hydrogens is 356 g/mol. The van der Waals surface area contributed by atoms with Crippen molar-refractivity contribution in [1.29, 1.82) is 0 Å². The van der Waals surface area contributed by atoms with Crippen LogP contribution in [-0.2, 0) is 9.63 Å². The van der Waals surface area contributed by atoms with Crippen molar-refractivity contribution in [2.45, 2.75) is 58.5 Å². The second-order valence-electron chi connectivity index (χ2n) is 8.28. The Balaban J connectivity index is 1.71. The Labute approximate surface area is 158 Å². The normalized spacial score (nSPS) is 22.1. The summed E-state index contributed by atoms with van der Waals surface area (Å²) in [6.07, 6.45) is 1.61. The van der Waals surface area contributed by atoms with Gasteiger partial charge in [0, 0.05) is 19.6 Å². The van der Waals surface area contributed by atoms with Crippen molar-refractivity contribution in [3.63, 3.8) is 0 Å². The Morgan fingerprint density at radius 2 is 2.00 bits per heavy atom. The van der Waals surface area contributed by atoms with Gasteiger partial charge < -0.3 is 14.9 Å². The van der Waals surface area contributed by atoms with Gasteiger partial charge in [-0.3, -0.25) is 14.8 Å². The molecule has 0 aromatic carbocycles. The van der Waals surface area contributed by atoms with E-state index < -0.39 is 24.1 Å². The number of amides is 4. The first-order chi connectivity index (χ1) is 12.6. The lowest BCUT2D eigenvalue weighted by Crippen LogP contribution is -2.50. The summed E-state index contributed by atoms with van der Waals surface area (Å²) in [6, 6.07) is -1.53. The maximum absolute atomic E-state index is 12.2. The van der Waals surface area contributed by atoms with E-state index in [9.17, 15) is 24.7 Å². The van der Waals surface area contributed by atoms with Crippen LogP contribution in [0.3, 0.4) is 0 Å². The van der Waals surface area contributed by atoms with Crippen LogP contribution in [0.2, 0.25) is 0 Å². The van der Waals surface area contributed by atoms with E-state index >= 15 is 0 Å². The fourth-order valence-electron chi connectivity index (χ4n) is 3.37. The standard InChI is InChI=1S/C17H30N4O6/c1-17(2,3)7-4-8-19(16(24)25)9-10-27-18-14(22)13-6-5-12-11-20(13)15(23)21(12)26/h12-13,26H,4-11H2,1-3H3,(H,18,22)(H,24,25)/t12-,13+/m1/s1. The van der Waals surface area contributed by atoms with E-state index in [2.05, 4.69) is 26.3 Å². The third kappa shape index (κ3) is 5.70. The zero-order valence-corrected chi connectivity index (χ0v) is 16.2. The molecule has 2 aliphatic rings. The number of rotatable bonds is 8. The number of carbonyl (C=O) groups is 3. The lowest BCUT2D eigenvalue weighted by molar-refractivity contribution is -0.139. The van der Waals surface area contributed by atoms with Crippen LogP contribution in [0.5, 0.6) is 0 Å². The van der Waals surface area contributed by atoms with E-state index in [0.29, 0.717) is 31.0 Å². The molecule has 2 rings (SSSR count). The number of carboxylic acid groups (broad SMARTS) is 1. The highest BCUT2D eigenvalue weighted by molar-refractivity contribution is 5.87. The third-order valence-electron chi connectivity index (χ3n) is 4.91. The molecule has 154 valence electrons. The van der Waals surface area contributed by atoms with Gasteiger partial charge in [0.25, 0.3) is 5.91 Å². The summed E-state index contributed by atoms with van der Waals surface area (Å²) in [6.45, 7) is 7.18. The maximum Gasteiger partial charge on any atom is 0.407 e. The van der Waals surface area contributed by atoms with Gasteiger partial charge in [-0.05, 0) is 31.1 Å². The number of hydrogen-bond donors (Lipinski definition) is 3. The lowest BCUT2D eigenvalue weighted by atomic mass is 9.90. The highest BCUT2D eigenvalue weighted by atomic mass is 16.7. The molecule has 3 N–H and O–H groups in total. The molecule has 2 aliphatic heterocycles. The highest BCUT2D eigenvalue weighted by Gasteiger charge is 2.46. The average molecular weight is 386 g/mol. The molecule has 2 heterocycles. The number of urea groups is 1. The first-order valence-corrected chi connectivity index (χ1v) is 9.28. The number of fused-ring (bicyclic) bond motifs is 2. The summed E-state index contributed by atoms with van der Waals surface area (Å²) in [7, 11) is 0. The molecular formula is C17H30N4O6. The van der Waals surface area contributed by atoms with E-state index in [0.717, 1.165) is 12.8 Å². The largest absolute Gasteiger partial charge is 0.465 e. The highest BCUT2D eigenvalue weighted by Crippen LogP contribution is 2.28. The van der Waals surface area contributed by atoms with E-state index in [1.54, 1.807) is 0 Å². The summed E-state index contributed by atoms with van der Waals surface area (Å²) in [4.78, 5) is 43.1. The number of hydroxylamine groups is 3. The van der Waals surface area contributed by atoms with Gasteiger partial charge in [-0.25, -0.2) is 20.1 Å². The second kappa shape index (κ2) is 8.75. The molecule has 0 saturated carbocycles. The molecule has 10 nitrogen and oxygen atoms in total. The summed E-state index contributed by atoms with van der Waals surface area (Å²) in [5.41, 5.74) is 2.44. The van der Waals surface area contributed by atoms with Gasteiger partial charge in [-0.2, -0.15) is 0 Å². The molecule has 0 spiro atoms. The van der Waals surface area contributed by atoms with Crippen molar-refractivity contribution in [3.05, 3.63) is 0 Å². The summed E-state index contributed by atoms with van der Waals surface area (Å²) in [5, 5.41) is 19.6. The Hall–Kier alpha value is -2.07. The van der Waals surface area contributed by atoms with Gasteiger partial charge in [-0.15, -0.1) is 0 Å². The van der Waals surface area contributed by atoms with Crippen LogP contribution in [0.4, 0.5) is 9.59 Å². The van der Waals surface area contributed by atoms with Gasteiger partial charge in [0.15, 0.2) is 0 Å². The predicted octanol–water partition coefficient (Wildman–Crippen LogP) is 1.50. The number of nitrogens with zero attached hydrogens (tertiary/aromatic N) is 3. The Bertz CT molecular complexity index is 564. The third-order valence-corrected chi connectivity index (χ3v) is 4.91. The van der Waals surface area contributed by atoms with Crippen molar-refractivity contribution in [2.24, 2.45) is 5.41 Å². The fraction of sp³-hybridized carbons (Fsp3) is 0.824. The molecule has 2 fully saturated rings. The second-order valence-corrected chi connectivity index (χ2v) is 8.28. The van der Waals surface area contributed by atoms with E-state index in [4.69, 9.17) is 4.84 Å². The van der Waals surface area contributed by atoms with Crippen molar-refractivity contribution in [2.75, 3.05) is 26.2 Å². The van der Waals surface area contributed by atoms with E-state index in [1.807, 2.05) is 0 Å². The molecule has 10 heteroatoms. The van der Waals surface area contributed by atoms with Gasteiger partial charge >= 0.3 is 12.1 Å². The Morgan fingerprint density at radius 1 is 1.30 bits per heavy atom. The predicted molar refractivity (Wildman–Crippen MR) is 94.9 cm³/mol. The number of carbonyl (C=O) groups excluding carboxylic acids is 2. The minimum atomic E-state index is -1.03. The Kier molecular flexibility index (Phi) is 6.88. The molecule has 0 aromatic rings. The molecule has 0 aliphatic carbocycles. The van der Waals surface area contributed by atoms with E-state index in [1.165, 1.54) is 9.80 Å². The van der Waals surface area contributed by atoms with Crippen LogP contribution in [0.25, 0.3) is 0 Å². The van der Waals surface area contributed by atoms with Crippen LogP contribution in [0.15, 0.2) is 0 Å². The van der Waals surface area contributed by atoms with E-state index in [-0.39, 0.29) is 24.6 Å². The van der Waals surface area contributed by atoms with Crippen LogP contribution in [0, 0.1) is 5.41 Å². The molecule has 0 aromatic heterocycles. The molecule has 27 heavy (non-hydrogen) atoms. The zero-order chi connectivity index (χ0) is 20.2. The van der Waals surface area contributed by atoms with Gasteiger partial charge in [0.1, 0.15) is 6.04 Å². The maximum atomic E-state index is 12.2. The van der Waals surface area contributed by atoms with Crippen LogP contribution in [-0.4, -0.2) is 81.5 Å². The molecule has 0 unspecified atom stereocenters. The lowest BCUT2D eigenvalue weighted by Gasteiger charge is -2.29. The molecule has 0 radical (unpaired) electrons. The summed E-state index contributed by atoms with van der Waals surface area (Å²) >= 11 is 0. The van der Waals surface area contributed by atoms with Crippen molar-refractivity contribution in [1.82, 2.24) is 20.3 Å². The van der Waals surface area contributed by atoms with Gasteiger partial charge in [-0.1, -0.05) is 20.8 Å². The molecule has 2 saturated heterocycles. The Morgan fingerprint density at radius 3 is 2.63 bits per heavy atom. The minimum Gasteiger partial charge on any atom is -0.465 e. The fourth-order valence-corrected chi connectivity index (χ4v) is 3.37. The van der Waals surface area contributed by atoms with Crippen molar-refractivity contribution >= 4 is 18.0 Å². The van der Waals surface area contributed by atoms with Gasteiger partial charge in [0.2, 0.25) is 0 Å². The van der Waals surface area contributed by atoms with Crippen LogP contribution < -0.4 is 5.48 Å². The topological polar surface area (TPSA) is 123 Å². The van der Waals surface area contributed by atoms with Gasteiger partial charge in [0.05, 0.1) is 12.6 Å². The SMILES string of the molecule is CC(C)(C)CCCN(CCONC(=O)[C@@H]1CC[C@@H]2CN1C(=O)N2O)C(=O)O. The summed E-state index contributed by atoms with van der Waals surface area (Å²) < 4.78 is 0. The van der Waals surface area contributed by atoms with Crippen LogP contribution in [0.1, 0.15) is 46.5 Å². The van der Waals surface area contributed by atoms with Crippen molar-refractivity contribution in [3.8, 4) is 0 Å². The minimum absolute atomic E-state index is 0.0168. The quantitative estimate of drug-likeness (QED) is 0.330. The number of nitrogens with one attached hydrogen (secondary N) is 1. The first-order valence-electron chi connectivity index (χ1n) is 9.28. The monoisotopic (exact) mass is 386 g/mol. The molecule has 2 bridgehead atoms. The first kappa shape index (κ1) is 21.2. The zero-order valence-electron chi connectivity index (χ0n) is 16.2. The molecule has 2 atom stereocenters. The number of piperidine rings is 1. The smallest absolute Gasteiger partial charge is 0.407 e. The molecule has 4 amide bonds.